The van der Waals surface area contributed by atoms with Crippen molar-refractivity contribution in [3.8, 4) is 0 Å². The van der Waals surface area contributed by atoms with Crippen LogP contribution in [0.4, 0.5) is 0 Å². The number of carbonyl (C=O) groups is 1. The van der Waals surface area contributed by atoms with Crippen LogP contribution in [0.15, 0.2) is 48.6 Å². The fraction of sp³-hybridized carbons (Fsp3) is 0.250. The number of ketones is 1. The quantitative estimate of drug-likeness (QED) is 0.727. The van der Waals surface area contributed by atoms with E-state index in [2.05, 4.69) is 0 Å². The lowest BCUT2D eigenvalue weighted by Crippen LogP contribution is -2.30. The number of allylic oxidation sites excluding steroid dienone is 6. The van der Waals surface area contributed by atoms with E-state index in [1.807, 2.05) is 36.5 Å². The summed E-state index contributed by atoms with van der Waals surface area (Å²) in [6.45, 7) is 0. The molecule has 0 saturated heterocycles. The van der Waals surface area contributed by atoms with Crippen molar-refractivity contribution in [2.45, 2.75) is 6.10 Å². The molecule has 2 aliphatic carbocycles. The van der Waals surface area contributed by atoms with Crippen molar-refractivity contribution in [2.75, 3.05) is 0 Å². The lowest BCUT2D eigenvalue weighted by atomic mass is 9.93. The minimum Gasteiger partial charge on any atom is -0.384 e. The van der Waals surface area contributed by atoms with E-state index in [9.17, 15) is 9.90 Å². The highest BCUT2D eigenvalue weighted by molar-refractivity contribution is 5.89. The Morgan fingerprint density at radius 1 is 1.00 bits per heavy atom. The van der Waals surface area contributed by atoms with Gasteiger partial charge in [0.2, 0.25) is 0 Å². The summed E-state index contributed by atoms with van der Waals surface area (Å²) in [6, 6.07) is 0. The summed E-state index contributed by atoms with van der Waals surface area (Å²) in [7, 11) is 0. The predicted octanol–water partition coefficient (Wildman–Crippen LogP) is 1.40. The summed E-state index contributed by atoms with van der Waals surface area (Å²) < 4.78 is 0. The number of Topliss-reactive ketones (excluding diaryl/α,β-unsaturated/α-hetero) is 1. The summed E-state index contributed by atoms with van der Waals surface area (Å²) in [5.41, 5.74) is 0. The van der Waals surface area contributed by atoms with Crippen molar-refractivity contribution < 1.29 is 9.90 Å². The van der Waals surface area contributed by atoms with E-state index < -0.39 is 6.10 Å². The molecule has 0 bridgehead atoms. The maximum absolute atomic E-state index is 11.7. The second kappa shape index (κ2) is 3.76. The first-order valence-corrected chi connectivity index (χ1v) is 4.71. The number of rotatable bonds is 3. The number of aliphatic hydroxyl groups excluding tert-OH is 1. The molecule has 0 aromatic carbocycles. The minimum absolute atomic E-state index is 0.129. The van der Waals surface area contributed by atoms with Gasteiger partial charge >= 0.3 is 0 Å². The van der Waals surface area contributed by atoms with Crippen molar-refractivity contribution >= 4 is 5.78 Å². The zero-order valence-electron chi connectivity index (χ0n) is 7.71. The Labute approximate surface area is 82.9 Å². The van der Waals surface area contributed by atoms with Crippen molar-refractivity contribution in [2.24, 2.45) is 11.8 Å². The first kappa shape index (κ1) is 9.16. The molecule has 1 N–H and O–H groups in total. The monoisotopic (exact) mass is 188 g/mol. The van der Waals surface area contributed by atoms with Crippen LogP contribution >= 0.6 is 0 Å². The average molecular weight is 188 g/mol. The molecule has 2 heteroatoms. The van der Waals surface area contributed by atoms with Gasteiger partial charge in [0.05, 0.1) is 5.92 Å². The van der Waals surface area contributed by atoms with Crippen LogP contribution in [-0.2, 0) is 4.79 Å². The molecular weight excluding hydrogens is 176 g/mol. The molecule has 0 radical (unpaired) electrons. The summed E-state index contributed by atoms with van der Waals surface area (Å²) >= 11 is 0. The van der Waals surface area contributed by atoms with Crippen LogP contribution in [0.5, 0.6) is 0 Å². The van der Waals surface area contributed by atoms with Crippen LogP contribution < -0.4 is 0 Å². The van der Waals surface area contributed by atoms with Gasteiger partial charge in [0.15, 0.2) is 5.78 Å². The maximum atomic E-state index is 11.7. The van der Waals surface area contributed by atoms with Gasteiger partial charge in [-0.25, -0.2) is 0 Å². The molecule has 2 rings (SSSR count). The molecule has 2 aliphatic rings. The Balaban J connectivity index is 2.04. The Bertz CT molecular complexity index is 323. The minimum atomic E-state index is -0.914. The van der Waals surface area contributed by atoms with Crippen LogP contribution in [0, 0.1) is 11.8 Å². The lowest BCUT2D eigenvalue weighted by molar-refractivity contribution is -0.129. The van der Waals surface area contributed by atoms with E-state index in [1.165, 1.54) is 0 Å². The molecule has 2 nitrogen and oxygen atoms in total. The first-order valence-electron chi connectivity index (χ1n) is 4.71. The zero-order chi connectivity index (χ0) is 9.97. The van der Waals surface area contributed by atoms with Gasteiger partial charge in [-0.15, -0.1) is 0 Å². The SMILES string of the molecule is O=C(C1C=CC=C1)C(O)C1C=CC=C1. The summed E-state index contributed by atoms with van der Waals surface area (Å²) in [5, 5.41) is 9.76. The van der Waals surface area contributed by atoms with Gasteiger partial charge in [0.1, 0.15) is 6.10 Å². The van der Waals surface area contributed by atoms with E-state index in [-0.39, 0.29) is 17.6 Å². The number of hydrogen-bond acceptors (Lipinski definition) is 2. The highest BCUT2D eigenvalue weighted by atomic mass is 16.3. The topological polar surface area (TPSA) is 37.3 Å². The van der Waals surface area contributed by atoms with Gasteiger partial charge in [-0.3, -0.25) is 4.79 Å². The predicted molar refractivity (Wildman–Crippen MR) is 54.6 cm³/mol. The highest BCUT2D eigenvalue weighted by Gasteiger charge is 2.27. The molecule has 1 unspecified atom stereocenters. The molecule has 0 aliphatic heterocycles. The molecule has 0 fully saturated rings. The van der Waals surface area contributed by atoms with Crippen LogP contribution in [-0.4, -0.2) is 17.0 Å². The average Bonchev–Trinajstić information content (AvgIpc) is 2.87. The number of hydrogen-bond donors (Lipinski definition) is 1. The standard InChI is InChI=1S/C12H12O2/c13-11(9-5-1-2-6-9)12(14)10-7-3-4-8-10/h1-11,13H. The lowest BCUT2D eigenvalue weighted by Gasteiger charge is -2.15. The Hall–Kier alpha value is -1.41. The number of aliphatic hydroxyl groups is 1. The normalized spacial score (nSPS) is 22.4. The van der Waals surface area contributed by atoms with Crippen molar-refractivity contribution in [1.82, 2.24) is 0 Å². The fourth-order valence-corrected chi connectivity index (χ4v) is 1.67. The Morgan fingerprint density at radius 2 is 1.50 bits per heavy atom. The van der Waals surface area contributed by atoms with E-state index in [1.54, 1.807) is 12.2 Å². The van der Waals surface area contributed by atoms with Gasteiger partial charge in [-0.2, -0.15) is 0 Å². The Kier molecular flexibility index (Phi) is 2.46. The van der Waals surface area contributed by atoms with E-state index in [0.717, 1.165) is 0 Å². The molecule has 0 amide bonds. The van der Waals surface area contributed by atoms with Gasteiger partial charge < -0.3 is 5.11 Å². The molecule has 0 aromatic heterocycles. The van der Waals surface area contributed by atoms with Crippen LogP contribution in [0.3, 0.4) is 0 Å². The molecule has 0 heterocycles. The van der Waals surface area contributed by atoms with Crippen LogP contribution in [0.2, 0.25) is 0 Å². The fourth-order valence-electron chi connectivity index (χ4n) is 1.67. The molecule has 14 heavy (non-hydrogen) atoms. The van der Waals surface area contributed by atoms with Crippen LogP contribution in [0.25, 0.3) is 0 Å². The third-order valence-corrected chi connectivity index (χ3v) is 2.51. The van der Waals surface area contributed by atoms with Crippen molar-refractivity contribution in [1.29, 1.82) is 0 Å². The third-order valence-electron chi connectivity index (χ3n) is 2.51. The van der Waals surface area contributed by atoms with Gasteiger partial charge in [-0.05, 0) is 0 Å². The second-order valence-electron chi connectivity index (χ2n) is 3.49. The first-order chi connectivity index (χ1) is 6.79. The van der Waals surface area contributed by atoms with Gasteiger partial charge in [0.25, 0.3) is 0 Å². The smallest absolute Gasteiger partial charge is 0.172 e. The molecule has 0 saturated carbocycles. The Morgan fingerprint density at radius 3 is 2.07 bits per heavy atom. The second-order valence-corrected chi connectivity index (χ2v) is 3.49. The zero-order valence-corrected chi connectivity index (χ0v) is 7.71. The summed E-state index contributed by atoms with van der Waals surface area (Å²) in [5.74, 6) is -0.520. The van der Waals surface area contributed by atoms with E-state index >= 15 is 0 Å². The van der Waals surface area contributed by atoms with Gasteiger partial charge in [-0.1, -0.05) is 48.6 Å². The third kappa shape index (κ3) is 1.61. The molecule has 0 aromatic rings. The van der Waals surface area contributed by atoms with E-state index in [4.69, 9.17) is 0 Å². The highest BCUT2D eigenvalue weighted by Crippen LogP contribution is 2.20. The summed E-state index contributed by atoms with van der Waals surface area (Å²) in [6.07, 6.45) is 13.7. The molecule has 1 atom stereocenters. The largest absolute Gasteiger partial charge is 0.384 e. The summed E-state index contributed by atoms with van der Waals surface area (Å²) in [4.78, 5) is 11.7. The van der Waals surface area contributed by atoms with Gasteiger partial charge in [0, 0.05) is 5.92 Å². The molecular formula is C12H12O2. The number of carbonyl (C=O) groups excluding carboxylic acids is 1. The molecule has 72 valence electrons. The van der Waals surface area contributed by atoms with Crippen molar-refractivity contribution in [3.63, 3.8) is 0 Å². The van der Waals surface area contributed by atoms with E-state index in [0.29, 0.717) is 0 Å². The van der Waals surface area contributed by atoms with Crippen LogP contribution in [0.1, 0.15) is 0 Å². The molecule has 0 spiro atoms. The van der Waals surface area contributed by atoms with Crippen molar-refractivity contribution in [3.05, 3.63) is 48.6 Å². The maximum Gasteiger partial charge on any atom is 0.172 e.